The normalized spacial score (nSPS) is 12.5. The van der Waals surface area contributed by atoms with Crippen molar-refractivity contribution in [2.75, 3.05) is 27.3 Å². The first-order valence-electron chi connectivity index (χ1n) is 8.35. The van der Waals surface area contributed by atoms with Gasteiger partial charge in [-0.2, -0.15) is 0 Å². The van der Waals surface area contributed by atoms with Crippen molar-refractivity contribution in [2.45, 2.75) is 13.0 Å². The van der Waals surface area contributed by atoms with Gasteiger partial charge in [-0.15, -0.1) is 12.4 Å². The van der Waals surface area contributed by atoms with Crippen LogP contribution in [0.4, 0.5) is 0 Å². The van der Waals surface area contributed by atoms with Gasteiger partial charge in [0.1, 0.15) is 18.1 Å². The molecule has 2 rings (SSSR count). The fourth-order valence-electron chi connectivity index (χ4n) is 2.55. The van der Waals surface area contributed by atoms with Gasteiger partial charge in [-0.05, 0) is 29.8 Å². The quantitative estimate of drug-likeness (QED) is 0.765. The molecule has 0 aromatic heterocycles. The van der Waals surface area contributed by atoms with E-state index in [1.54, 1.807) is 19.1 Å². The van der Waals surface area contributed by atoms with E-state index in [2.05, 4.69) is 0 Å². The van der Waals surface area contributed by atoms with Gasteiger partial charge in [0, 0.05) is 13.1 Å². The van der Waals surface area contributed by atoms with Gasteiger partial charge in [0.25, 0.3) is 0 Å². The number of benzene rings is 2. The molecule has 6 heteroatoms. The lowest BCUT2D eigenvalue weighted by Crippen LogP contribution is -2.39. The number of hydrogen-bond acceptors (Lipinski definition) is 4. The van der Waals surface area contributed by atoms with E-state index in [0.717, 1.165) is 17.1 Å². The molecule has 0 aliphatic heterocycles. The molecule has 0 radical (unpaired) electrons. The Balaban J connectivity index is 0.00000338. The molecule has 0 aliphatic carbocycles. The second kappa shape index (κ2) is 10.7. The summed E-state index contributed by atoms with van der Waals surface area (Å²) in [6, 6.07) is 16.7. The topological polar surface area (TPSA) is 64.8 Å². The van der Waals surface area contributed by atoms with Crippen LogP contribution in [-0.2, 0) is 4.79 Å². The number of likely N-dealkylation sites (N-methyl/N-ethyl adjacent to an activating group) is 1. The first-order chi connectivity index (χ1) is 12.0. The monoisotopic (exact) mass is 378 g/mol. The molecule has 2 unspecified atom stereocenters. The van der Waals surface area contributed by atoms with Crippen molar-refractivity contribution >= 4 is 18.3 Å². The van der Waals surface area contributed by atoms with E-state index in [4.69, 9.17) is 15.2 Å². The third kappa shape index (κ3) is 5.93. The number of methoxy groups -OCH3 is 1. The number of carbonyl (C=O) groups is 1. The minimum atomic E-state index is -0.321. The standard InChI is InChI=1S/C20H26N2O3.ClH/c1-15(19(21)16-7-5-4-6-8-16)20(23)22(2)13-14-25-18-11-9-17(24-3)10-12-18;/h4-12,15,19H,13-14,21H2,1-3H3;1H. The van der Waals surface area contributed by atoms with Crippen LogP contribution in [0.25, 0.3) is 0 Å². The Hall–Kier alpha value is -2.24. The largest absolute Gasteiger partial charge is 0.497 e. The zero-order valence-electron chi connectivity index (χ0n) is 15.4. The highest BCUT2D eigenvalue weighted by atomic mass is 35.5. The van der Waals surface area contributed by atoms with Crippen LogP contribution in [0.5, 0.6) is 11.5 Å². The Bertz CT molecular complexity index is 665. The van der Waals surface area contributed by atoms with Crippen molar-refractivity contribution in [3.63, 3.8) is 0 Å². The lowest BCUT2D eigenvalue weighted by molar-refractivity contribution is -0.134. The summed E-state index contributed by atoms with van der Waals surface area (Å²) in [5.74, 6) is 1.24. The average Bonchev–Trinajstić information content (AvgIpc) is 2.67. The maximum Gasteiger partial charge on any atom is 0.227 e. The van der Waals surface area contributed by atoms with E-state index in [-0.39, 0.29) is 30.3 Å². The summed E-state index contributed by atoms with van der Waals surface area (Å²) in [5.41, 5.74) is 7.20. The summed E-state index contributed by atoms with van der Waals surface area (Å²) >= 11 is 0. The van der Waals surface area contributed by atoms with Gasteiger partial charge in [-0.25, -0.2) is 0 Å². The van der Waals surface area contributed by atoms with Crippen LogP contribution in [0.3, 0.4) is 0 Å². The molecule has 0 spiro atoms. The maximum atomic E-state index is 12.6. The number of carbonyl (C=O) groups excluding carboxylic acids is 1. The molecular formula is C20H27ClN2O3. The zero-order valence-corrected chi connectivity index (χ0v) is 16.2. The van der Waals surface area contributed by atoms with Gasteiger partial charge >= 0.3 is 0 Å². The smallest absolute Gasteiger partial charge is 0.227 e. The average molecular weight is 379 g/mol. The van der Waals surface area contributed by atoms with E-state index >= 15 is 0 Å². The van der Waals surface area contributed by atoms with Gasteiger partial charge < -0.3 is 20.1 Å². The van der Waals surface area contributed by atoms with Crippen molar-refractivity contribution in [1.29, 1.82) is 0 Å². The lowest BCUT2D eigenvalue weighted by atomic mass is 9.94. The molecule has 1 amide bonds. The molecule has 142 valence electrons. The van der Waals surface area contributed by atoms with Gasteiger partial charge in [-0.3, -0.25) is 4.79 Å². The van der Waals surface area contributed by atoms with Crippen molar-refractivity contribution in [1.82, 2.24) is 4.90 Å². The first kappa shape index (κ1) is 21.8. The van der Waals surface area contributed by atoms with Crippen LogP contribution in [-0.4, -0.2) is 38.1 Å². The molecule has 0 heterocycles. The van der Waals surface area contributed by atoms with Crippen molar-refractivity contribution < 1.29 is 14.3 Å². The number of amides is 1. The third-order valence-electron chi connectivity index (χ3n) is 4.24. The highest BCUT2D eigenvalue weighted by Gasteiger charge is 2.24. The summed E-state index contributed by atoms with van der Waals surface area (Å²) in [6.07, 6.45) is 0. The Morgan fingerprint density at radius 3 is 2.23 bits per heavy atom. The SMILES string of the molecule is COc1ccc(OCCN(C)C(=O)C(C)C(N)c2ccccc2)cc1.Cl. The highest BCUT2D eigenvalue weighted by Crippen LogP contribution is 2.21. The number of halogens is 1. The second-order valence-electron chi connectivity index (χ2n) is 6.01. The fourth-order valence-corrected chi connectivity index (χ4v) is 2.55. The van der Waals surface area contributed by atoms with Gasteiger partial charge in [0.2, 0.25) is 5.91 Å². The highest BCUT2D eigenvalue weighted by molar-refractivity contribution is 5.85. The van der Waals surface area contributed by atoms with E-state index in [0.29, 0.717) is 13.2 Å². The minimum Gasteiger partial charge on any atom is -0.497 e. The predicted octanol–water partition coefficient (Wildman–Crippen LogP) is 3.29. The molecule has 2 aromatic carbocycles. The molecule has 0 bridgehead atoms. The van der Waals surface area contributed by atoms with E-state index in [9.17, 15) is 4.79 Å². The van der Waals surface area contributed by atoms with Crippen LogP contribution in [0.1, 0.15) is 18.5 Å². The summed E-state index contributed by atoms with van der Waals surface area (Å²) in [4.78, 5) is 14.2. The maximum absolute atomic E-state index is 12.6. The number of nitrogens with two attached hydrogens (primary N) is 1. The second-order valence-corrected chi connectivity index (χ2v) is 6.01. The summed E-state index contributed by atoms with van der Waals surface area (Å²) < 4.78 is 10.8. The molecular weight excluding hydrogens is 352 g/mol. The van der Waals surface area contributed by atoms with E-state index in [1.165, 1.54) is 0 Å². The van der Waals surface area contributed by atoms with Crippen LogP contribution < -0.4 is 15.2 Å². The van der Waals surface area contributed by atoms with Crippen LogP contribution in [0, 0.1) is 5.92 Å². The number of nitrogens with zero attached hydrogens (tertiary/aromatic N) is 1. The van der Waals surface area contributed by atoms with Crippen molar-refractivity contribution in [3.8, 4) is 11.5 Å². The van der Waals surface area contributed by atoms with Gasteiger partial charge in [0.15, 0.2) is 0 Å². The minimum absolute atomic E-state index is 0. The van der Waals surface area contributed by atoms with E-state index in [1.807, 2.05) is 61.5 Å². The van der Waals surface area contributed by atoms with Gasteiger partial charge in [0.05, 0.1) is 19.6 Å². The molecule has 0 fully saturated rings. The molecule has 2 aromatic rings. The molecule has 2 atom stereocenters. The van der Waals surface area contributed by atoms with Gasteiger partial charge in [-0.1, -0.05) is 37.3 Å². The number of ether oxygens (including phenoxy) is 2. The van der Waals surface area contributed by atoms with E-state index < -0.39 is 0 Å². The summed E-state index contributed by atoms with van der Waals surface area (Å²) in [7, 11) is 3.39. The number of rotatable bonds is 8. The summed E-state index contributed by atoms with van der Waals surface area (Å²) in [5, 5.41) is 0. The Kier molecular flexibility index (Phi) is 8.96. The molecule has 5 nitrogen and oxygen atoms in total. The van der Waals surface area contributed by atoms with Crippen LogP contribution in [0.15, 0.2) is 54.6 Å². The lowest BCUT2D eigenvalue weighted by Gasteiger charge is -2.25. The van der Waals surface area contributed by atoms with Crippen LogP contribution >= 0.6 is 12.4 Å². The number of hydrogen-bond donors (Lipinski definition) is 1. The van der Waals surface area contributed by atoms with Crippen molar-refractivity contribution in [2.24, 2.45) is 11.7 Å². The molecule has 0 aliphatic rings. The fraction of sp³-hybridized carbons (Fsp3) is 0.350. The Morgan fingerprint density at radius 2 is 1.65 bits per heavy atom. The summed E-state index contributed by atoms with van der Waals surface area (Å²) in [6.45, 7) is 2.78. The van der Waals surface area contributed by atoms with Crippen molar-refractivity contribution in [3.05, 3.63) is 60.2 Å². The zero-order chi connectivity index (χ0) is 18.2. The third-order valence-corrected chi connectivity index (χ3v) is 4.24. The molecule has 0 saturated carbocycles. The first-order valence-corrected chi connectivity index (χ1v) is 8.35. The molecule has 26 heavy (non-hydrogen) atoms. The molecule has 0 saturated heterocycles. The Morgan fingerprint density at radius 1 is 1.08 bits per heavy atom. The predicted molar refractivity (Wildman–Crippen MR) is 106 cm³/mol. The van der Waals surface area contributed by atoms with Crippen LogP contribution in [0.2, 0.25) is 0 Å². The molecule has 2 N–H and O–H groups in total. The Labute approximate surface area is 161 Å².